The molecule has 0 aliphatic carbocycles. The third-order valence-corrected chi connectivity index (χ3v) is 6.12. The summed E-state index contributed by atoms with van der Waals surface area (Å²) in [7, 11) is -3.53. The van der Waals surface area contributed by atoms with E-state index < -0.39 is 22.1 Å². The van der Waals surface area contributed by atoms with Crippen molar-refractivity contribution in [3.8, 4) is 0 Å². The Bertz CT molecular complexity index is 406. The molecule has 2 unspecified atom stereocenters. The lowest BCUT2D eigenvalue weighted by atomic mass is 10.0. The summed E-state index contributed by atoms with van der Waals surface area (Å²) in [6.07, 6.45) is 2.01. The fourth-order valence-electron chi connectivity index (χ4n) is 2.27. The molecule has 2 aliphatic rings. The Morgan fingerprint density at radius 1 is 1.39 bits per heavy atom. The predicted molar refractivity (Wildman–Crippen MR) is 69.7 cm³/mol. The molecule has 0 bridgehead atoms. The Morgan fingerprint density at radius 2 is 2.17 bits per heavy atom. The first-order valence-electron chi connectivity index (χ1n) is 6.07. The SMILES string of the molecule is O=C(O)C1CCCN(S(=O)(=O)NC2CCSC2)C1. The molecule has 0 aromatic rings. The van der Waals surface area contributed by atoms with E-state index in [1.807, 2.05) is 0 Å². The van der Waals surface area contributed by atoms with Crippen LogP contribution in [0.1, 0.15) is 19.3 Å². The van der Waals surface area contributed by atoms with E-state index in [1.54, 1.807) is 11.8 Å². The molecule has 0 amide bonds. The van der Waals surface area contributed by atoms with Gasteiger partial charge in [-0.1, -0.05) is 0 Å². The molecule has 2 fully saturated rings. The number of carboxylic acids is 1. The van der Waals surface area contributed by atoms with E-state index in [0.29, 0.717) is 19.4 Å². The molecule has 2 saturated heterocycles. The van der Waals surface area contributed by atoms with Gasteiger partial charge in [0.05, 0.1) is 5.92 Å². The van der Waals surface area contributed by atoms with Crippen molar-refractivity contribution in [2.75, 3.05) is 24.6 Å². The summed E-state index contributed by atoms with van der Waals surface area (Å²) < 4.78 is 28.2. The molecule has 18 heavy (non-hydrogen) atoms. The van der Waals surface area contributed by atoms with Gasteiger partial charge in [-0.05, 0) is 25.0 Å². The maximum absolute atomic E-state index is 12.1. The fourth-order valence-corrected chi connectivity index (χ4v) is 5.05. The van der Waals surface area contributed by atoms with Crippen LogP contribution in [-0.4, -0.2) is 54.4 Å². The summed E-state index contributed by atoms with van der Waals surface area (Å²) in [5.74, 6) is 0.292. The molecule has 0 aromatic heterocycles. The van der Waals surface area contributed by atoms with E-state index in [-0.39, 0.29) is 12.6 Å². The number of hydrogen-bond donors (Lipinski definition) is 2. The first-order chi connectivity index (χ1) is 8.49. The minimum Gasteiger partial charge on any atom is -0.481 e. The fraction of sp³-hybridized carbons (Fsp3) is 0.900. The Balaban J connectivity index is 1.97. The summed E-state index contributed by atoms with van der Waals surface area (Å²) in [6, 6.07) is -0.00907. The van der Waals surface area contributed by atoms with Crippen molar-refractivity contribution in [2.45, 2.75) is 25.3 Å². The van der Waals surface area contributed by atoms with Gasteiger partial charge in [-0.25, -0.2) is 0 Å². The zero-order valence-electron chi connectivity index (χ0n) is 10.0. The second-order valence-electron chi connectivity index (χ2n) is 4.72. The van der Waals surface area contributed by atoms with E-state index in [0.717, 1.165) is 17.9 Å². The lowest BCUT2D eigenvalue weighted by molar-refractivity contribution is -0.142. The van der Waals surface area contributed by atoms with Gasteiger partial charge in [0.15, 0.2) is 0 Å². The van der Waals surface area contributed by atoms with Gasteiger partial charge < -0.3 is 5.11 Å². The van der Waals surface area contributed by atoms with Gasteiger partial charge in [0.2, 0.25) is 0 Å². The molecule has 2 heterocycles. The number of aliphatic carboxylic acids is 1. The van der Waals surface area contributed by atoms with Crippen LogP contribution in [0.4, 0.5) is 0 Å². The number of carboxylic acid groups (broad SMARTS) is 1. The van der Waals surface area contributed by atoms with Crippen molar-refractivity contribution in [2.24, 2.45) is 5.92 Å². The van der Waals surface area contributed by atoms with Gasteiger partial charge in [-0.3, -0.25) is 4.79 Å². The number of nitrogens with zero attached hydrogens (tertiary/aromatic N) is 1. The Kier molecular flexibility index (Phi) is 4.52. The monoisotopic (exact) mass is 294 g/mol. The molecule has 0 aromatic carbocycles. The van der Waals surface area contributed by atoms with Crippen molar-refractivity contribution in [1.29, 1.82) is 0 Å². The van der Waals surface area contributed by atoms with Crippen LogP contribution in [-0.2, 0) is 15.0 Å². The molecule has 104 valence electrons. The molecule has 2 aliphatic heterocycles. The molecule has 0 radical (unpaired) electrons. The lowest BCUT2D eigenvalue weighted by Crippen LogP contribution is -2.50. The number of rotatable bonds is 4. The Hall–Kier alpha value is -0.310. The zero-order valence-corrected chi connectivity index (χ0v) is 11.7. The van der Waals surface area contributed by atoms with E-state index in [1.165, 1.54) is 4.31 Å². The van der Waals surface area contributed by atoms with Crippen LogP contribution in [0.15, 0.2) is 0 Å². The lowest BCUT2D eigenvalue weighted by Gasteiger charge is -2.30. The van der Waals surface area contributed by atoms with Crippen molar-refractivity contribution < 1.29 is 18.3 Å². The minimum atomic E-state index is -3.53. The largest absolute Gasteiger partial charge is 0.481 e. The average molecular weight is 294 g/mol. The number of thioether (sulfide) groups is 1. The van der Waals surface area contributed by atoms with Crippen LogP contribution >= 0.6 is 11.8 Å². The van der Waals surface area contributed by atoms with Gasteiger partial charge in [-0.15, -0.1) is 0 Å². The molecule has 2 rings (SSSR count). The topological polar surface area (TPSA) is 86.7 Å². The minimum absolute atomic E-state index is 0.00907. The van der Waals surface area contributed by atoms with Crippen molar-refractivity contribution >= 4 is 27.9 Å². The predicted octanol–water partition coefficient (Wildman–Crippen LogP) is 0.123. The first-order valence-corrected chi connectivity index (χ1v) is 8.66. The van der Waals surface area contributed by atoms with E-state index in [9.17, 15) is 13.2 Å². The van der Waals surface area contributed by atoms with Crippen molar-refractivity contribution in [3.63, 3.8) is 0 Å². The second-order valence-corrected chi connectivity index (χ2v) is 7.57. The number of nitrogens with one attached hydrogen (secondary N) is 1. The van der Waals surface area contributed by atoms with Crippen LogP contribution in [0.3, 0.4) is 0 Å². The maximum atomic E-state index is 12.1. The number of piperidine rings is 1. The van der Waals surface area contributed by atoms with Crippen LogP contribution < -0.4 is 4.72 Å². The van der Waals surface area contributed by atoms with Gasteiger partial charge in [-0.2, -0.15) is 29.2 Å². The third kappa shape index (κ3) is 3.37. The van der Waals surface area contributed by atoms with Crippen LogP contribution in [0.25, 0.3) is 0 Å². The smallest absolute Gasteiger partial charge is 0.307 e. The second kappa shape index (κ2) is 5.77. The summed E-state index contributed by atoms with van der Waals surface area (Å²) in [6.45, 7) is 0.503. The van der Waals surface area contributed by atoms with Gasteiger partial charge >= 0.3 is 5.97 Å². The van der Waals surface area contributed by atoms with Crippen molar-refractivity contribution in [3.05, 3.63) is 0 Å². The van der Waals surface area contributed by atoms with E-state index in [4.69, 9.17) is 5.11 Å². The highest BCUT2D eigenvalue weighted by molar-refractivity contribution is 7.99. The standard InChI is InChI=1S/C10H18N2O4S2/c13-10(14)8-2-1-4-12(6-8)18(15,16)11-9-3-5-17-7-9/h8-9,11H,1-7H2,(H,13,14). The highest BCUT2D eigenvalue weighted by Crippen LogP contribution is 2.21. The van der Waals surface area contributed by atoms with Crippen LogP contribution in [0.2, 0.25) is 0 Å². The zero-order chi connectivity index (χ0) is 13.2. The molecule has 2 N–H and O–H groups in total. The molecular formula is C10H18N2O4S2. The summed E-state index contributed by atoms with van der Waals surface area (Å²) in [5.41, 5.74) is 0. The van der Waals surface area contributed by atoms with Gasteiger partial charge in [0, 0.05) is 24.9 Å². The normalized spacial score (nSPS) is 30.4. The molecule has 8 heteroatoms. The van der Waals surface area contributed by atoms with Gasteiger partial charge in [0.25, 0.3) is 10.2 Å². The first kappa shape index (κ1) is 14.1. The summed E-state index contributed by atoms with van der Waals surface area (Å²) >= 11 is 1.74. The van der Waals surface area contributed by atoms with Crippen molar-refractivity contribution in [1.82, 2.24) is 9.03 Å². The average Bonchev–Trinajstić information content (AvgIpc) is 2.81. The third-order valence-electron chi connectivity index (χ3n) is 3.32. The summed E-state index contributed by atoms with van der Waals surface area (Å²) in [5, 5.41) is 8.96. The molecule has 6 nitrogen and oxygen atoms in total. The number of carbonyl (C=O) groups is 1. The molecule has 0 spiro atoms. The maximum Gasteiger partial charge on any atom is 0.307 e. The number of hydrogen-bond acceptors (Lipinski definition) is 4. The quantitative estimate of drug-likeness (QED) is 0.769. The molecule has 2 atom stereocenters. The van der Waals surface area contributed by atoms with E-state index in [2.05, 4.69) is 4.72 Å². The van der Waals surface area contributed by atoms with E-state index >= 15 is 0 Å². The highest BCUT2D eigenvalue weighted by Gasteiger charge is 2.33. The summed E-state index contributed by atoms with van der Waals surface area (Å²) in [4.78, 5) is 10.9. The molecule has 0 saturated carbocycles. The van der Waals surface area contributed by atoms with Gasteiger partial charge in [0.1, 0.15) is 0 Å². The van der Waals surface area contributed by atoms with Crippen LogP contribution in [0.5, 0.6) is 0 Å². The molecular weight excluding hydrogens is 276 g/mol. The Morgan fingerprint density at radius 3 is 2.78 bits per heavy atom. The Labute approximate surface area is 111 Å². The van der Waals surface area contributed by atoms with Crippen LogP contribution in [0, 0.1) is 5.92 Å². The highest BCUT2D eigenvalue weighted by atomic mass is 32.2.